The zero-order valence-corrected chi connectivity index (χ0v) is 19.9. The van der Waals surface area contributed by atoms with Gasteiger partial charge in [0, 0.05) is 44.0 Å². The highest BCUT2D eigenvalue weighted by Crippen LogP contribution is 2.33. The fourth-order valence-corrected chi connectivity index (χ4v) is 5.09. The molecule has 172 valence electrons. The van der Waals surface area contributed by atoms with Crippen LogP contribution in [0.25, 0.3) is 0 Å². The lowest BCUT2D eigenvalue weighted by Crippen LogP contribution is -2.43. The summed E-state index contributed by atoms with van der Waals surface area (Å²) in [5.74, 6) is 0.643. The van der Waals surface area contributed by atoms with Crippen molar-refractivity contribution in [3.8, 4) is 5.75 Å². The molecule has 0 aromatic heterocycles. The summed E-state index contributed by atoms with van der Waals surface area (Å²) in [6, 6.07) is 11.0. The van der Waals surface area contributed by atoms with Crippen LogP contribution in [0, 0.1) is 12.8 Å². The average molecular weight is 477 g/mol. The first-order chi connectivity index (χ1) is 15.4. The number of likely N-dealkylation sites (tertiary alicyclic amines) is 1. The standard InChI is InChI=1S/C25H30Cl2N2O3/c1-17-23(6-5-22(26)24(17)27)32-21-9-11-28(12-10-21)16-18-7-13-29(14-8-18)20-4-2-3-19(15-20)25(30)31/h2-6,15,18,21H,7-14,16H2,1H3,(H,30,31). The van der Waals surface area contributed by atoms with Crippen LogP contribution in [-0.4, -0.2) is 54.8 Å². The Morgan fingerprint density at radius 2 is 1.78 bits per heavy atom. The summed E-state index contributed by atoms with van der Waals surface area (Å²) in [5.41, 5.74) is 2.27. The van der Waals surface area contributed by atoms with E-state index >= 15 is 0 Å². The third-order valence-electron chi connectivity index (χ3n) is 6.71. The van der Waals surface area contributed by atoms with Gasteiger partial charge in [0.15, 0.2) is 0 Å². The van der Waals surface area contributed by atoms with E-state index in [1.807, 2.05) is 25.1 Å². The molecule has 2 aromatic rings. The molecule has 4 rings (SSSR count). The number of hydrogen-bond donors (Lipinski definition) is 1. The lowest BCUT2D eigenvalue weighted by atomic mass is 9.94. The molecule has 0 spiro atoms. The van der Waals surface area contributed by atoms with Crippen LogP contribution in [0.3, 0.4) is 0 Å². The molecule has 32 heavy (non-hydrogen) atoms. The maximum absolute atomic E-state index is 11.2. The number of carboxylic acid groups (broad SMARTS) is 1. The number of aromatic carboxylic acids is 1. The Hall–Kier alpha value is -1.95. The smallest absolute Gasteiger partial charge is 0.335 e. The second kappa shape index (κ2) is 10.3. The van der Waals surface area contributed by atoms with E-state index in [1.165, 1.54) is 0 Å². The highest BCUT2D eigenvalue weighted by molar-refractivity contribution is 6.42. The lowest BCUT2D eigenvalue weighted by Gasteiger charge is -2.38. The van der Waals surface area contributed by atoms with E-state index in [-0.39, 0.29) is 6.10 Å². The van der Waals surface area contributed by atoms with Crippen molar-refractivity contribution in [1.82, 2.24) is 4.90 Å². The fourth-order valence-electron chi connectivity index (χ4n) is 4.73. The number of halogens is 2. The number of hydrogen-bond acceptors (Lipinski definition) is 4. The number of carbonyl (C=O) groups is 1. The van der Waals surface area contributed by atoms with Crippen molar-refractivity contribution in [2.75, 3.05) is 37.6 Å². The van der Waals surface area contributed by atoms with Gasteiger partial charge in [-0.25, -0.2) is 4.79 Å². The largest absolute Gasteiger partial charge is 0.490 e. The Morgan fingerprint density at radius 3 is 2.47 bits per heavy atom. The topological polar surface area (TPSA) is 53.0 Å². The first kappa shape index (κ1) is 23.2. The van der Waals surface area contributed by atoms with Crippen LogP contribution in [-0.2, 0) is 0 Å². The Morgan fingerprint density at radius 1 is 1.06 bits per heavy atom. The van der Waals surface area contributed by atoms with E-state index in [4.69, 9.17) is 27.9 Å². The summed E-state index contributed by atoms with van der Waals surface area (Å²) >= 11 is 12.3. The van der Waals surface area contributed by atoms with Gasteiger partial charge >= 0.3 is 5.97 Å². The summed E-state index contributed by atoms with van der Waals surface area (Å²) in [7, 11) is 0. The van der Waals surface area contributed by atoms with Gasteiger partial charge < -0.3 is 19.6 Å². The second-order valence-corrected chi connectivity index (χ2v) is 9.67. The van der Waals surface area contributed by atoms with E-state index in [1.54, 1.807) is 18.2 Å². The second-order valence-electron chi connectivity index (χ2n) is 8.89. The Bertz CT molecular complexity index is 952. The number of rotatable bonds is 6. The molecule has 2 aromatic carbocycles. The molecule has 0 radical (unpaired) electrons. The molecule has 0 bridgehead atoms. The summed E-state index contributed by atoms with van der Waals surface area (Å²) in [5, 5.41) is 10.4. The minimum Gasteiger partial charge on any atom is -0.490 e. The SMILES string of the molecule is Cc1c(OC2CCN(CC3CCN(c4cccc(C(=O)O)c4)CC3)CC2)ccc(Cl)c1Cl. The van der Waals surface area contributed by atoms with Crippen LogP contribution >= 0.6 is 23.2 Å². The average Bonchev–Trinajstić information content (AvgIpc) is 2.81. The number of carboxylic acids is 1. The first-order valence-electron chi connectivity index (χ1n) is 11.3. The number of ether oxygens (including phenoxy) is 1. The molecule has 2 fully saturated rings. The molecule has 2 saturated heterocycles. The van der Waals surface area contributed by atoms with Gasteiger partial charge in [0.25, 0.3) is 0 Å². The molecular weight excluding hydrogens is 447 g/mol. The van der Waals surface area contributed by atoms with Crippen LogP contribution in [0.2, 0.25) is 10.0 Å². The highest BCUT2D eigenvalue weighted by Gasteiger charge is 2.26. The summed E-state index contributed by atoms with van der Waals surface area (Å²) < 4.78 is 6.23. The number of benzene rings is 2. The van der Waals surface area contributed by atoms with Gasteiger partial charge in [-0.2, -0.15) is 0 Å². The Labute approximate surface area is 199 Å². The van der Waals surface area contributed by atoms with Crippen LogP contribution in [0.15, 0.2) is 36.4 Å². The molecule has 7 heteroatoms. The van der Waals surface area contributed by atoms with Gasteiger partial charge in [0.05, 0.1) is 15.6 Å². The fraction of sp³-hybridized carbons (Fsp3) is 0.480. The third kappa shape index (κ3) is 5.51. The van der Waals surface area contributed by atoms with Gasteiger partial charge in [-0.1, -0.05) is 29.3 Å². The minimum absolute atomic E-state index is 0.213. The summed E-state index contributed by atoms with van der Waals surface area (Å²) in [6.07, 6.45) is 4.51. The maximum Gasteiger partial charge on any atom is 0.335 e. The predicted molar refractivity (Wildman–Crippen MR) is 130 cm³/mol. The zero-order chi connectivity index (χ0) is 22.7. The van der Waals surface area contributed by atoms with Crippen molar-refractivity contribution in [2.24, 2.45) is 5.92 Å². The van der Waals surface area contributed by atoms with Crippen molar-refractivity contribution in [3.63, 3.8) is 0 Å². The zero-order valence-electron chi connectivity index (χ0n) is 18.4. The van der Waals surface area contributed by atoms with E-state index in [9.17, 15) is 9.90 Å². The molecular formula is C25H30Cl2N2O3. The van der Waals surface area contributed by atoms with Gasteiger partial charge in [0.1, 0.15) is 11.9 Å². The van der Waals surface area contributed by atoms with E-state index in [0.29, 0.717) is 21.5 Å². The Balaban J connectivity index is 1.22. The monoisotopic (exact) mass is 476 g/mol. The maximum atomic E-state index is 11.2. The van der Waals surface area contributed by atoms with Gasteiger partial charge in [-0.15, -0.1) is 0 Å². The number of nitrogens with zero attached hydrogens (tertiary/aromatic N) is 2. The molecule has 2 heterocycles. The third-order valence-corrected chi connectivity index (χ3v) is 7.61. The normalized spacial score (nSPS) is 18.7. The lowest BCUT2D eigenvalue weighted by molar-refractivity contribution is 0.0697. The van der Waals surface area contributed by atoms with Crippen molar-refractivity contribution >= 4 is 34.9 Å². The first-order valence-corrected chi connectivity index (χ1v) is 12.1. The van der Waals surface area contributed by atoms with Crippen molar-refractivity contribution in [2.45, 2.75) is 38.7 Å². The van der Waals surface area contributed by atoms with E-state index in [2.05, 4.69) is 9.80 Å². The number of piperidine rings is 2. The quantitative estimate of drug-likeness (QED) is 0.574. The Kier molecular flexibility index (Phi) is 7.49. The van der Waals surface area contributed by atoms with Crippen LogP contribution in [0.4, 0.5) is 5.69 Å². The van der Waals surface area contributed by atoms with Crippen molar-refractivity contribution in [3.05, 3.63) is 57.6 Å². The van der Waals surface area contributed by atoms with Crippen molar-refractivity contribution < 1.29 is 14.6 Å². The van der Waals surface area contributed by atoms with Crippen molar-refractivity contribution in [1.29, 1.82) is 0 Å². The predicted octanol–water partition coefficient (Wildman–Crippen LogP) is 5.76. The number of anilines is 1. The van der Waals surface area contributed by atoms with Gasteiger partial charge in [-0.05, 0) is 68.9 Å². The molecule has 0 atom stereocenters. The van der Waals surface area contributed by atoms with Crippen LogP contribution in [0.5, 0.6) is 5.75 Å². The summed E-state index contributed by atoms with van der Waals surface area (Å²) in [4.78, 5) is 16.1. The molecule has 2 aliphatic rings. The molecule has 0 amide bonds. The molecule has 0 unspecified atom stereocenters. The van der Waals surface area contributed by atoms with Gasteiger partial charge in [-0.3, -0.25) is 0 Å². The minimum atomic E-state index is -0.872. The molecule has 0 saturated carbocycles. The highest BCUT2D eigenvalue weighted by atomic mass is 35.5. The molecule has 2 aliphatic heterocycles. The molecule has 0 aliphatic carbocycles. The molecule has 1 N–H and O–H groups in total. The van der Waals surface area contributed by atoms with Crippen LogP contribution in [0.1, 0.15) is 41.6 Å². The van der Waals surface area contributed by atoms with E-state index in [0.717, 1.165) is 75.4 Å². The summed E-state index contributed by atoms with van der Waals surface area (Å²) in [6.45, 7) is 7.12. The molecule has 5 nitrogen and oxygen atoms in total. The van der Waals surface area contributed by atoms with E-state index < -0.39 is 5.97 Å². The van der Waals surface area contributed by atoms with Crippen LogP contribution < -0.4 is 9.64 Å². The van der Waals surface area contributed by atoms with Gasteiger partial charge in [0.2, 0.25) is 0 Å².